The Kier molecular flexibility index (Phi) is 6.38. The monoisotopic (exact) mass is 339 g/mol. The Morgan fingerprint density at radius 3 is 2.35 bits per heavy atom. The molecule has 0 saturated heterocycles. The van der Waals surface area contributed by atoms with E-state index in [4.69, 9.17) is 4.74 Å². The summed E-state index contributed by atoms with van der Waals surface area (Å²) >= 11 is 0. The highest BCUT2D eigenvalue weighted by molar-refractivity contribution is 8.04. The Morgan fingerprint density at radius 2 is 1.87 bits per heavy atom. The van der Waals surface area contributed by atoms with Gasteiger partial charge in [0.25, 0.3) is 0 Å². The van der Waals surface area contributed by atoms with Crippen molar-refractivity contribution in [2.45, 2.75) is 38.8 Å². The Balaban J connectivity index is 2.95. The Labute approximate surface area is 139 Å². The molecule has 0 bridgehead atoms. The van der Waals surface area contributed by atoms with Crippen LogP contribution in [0.3, 0.4) is 0 Å². The molecule has 1 rings (SSSR count). The molecular formula is C17H25NO4S. The number of rotatable bonds is 5. The molecule has 1 aromatic carbocycles. The van der Waals surface area contributed by atoms with E-state index in [0.29, 0.717) is 6.42 Å². The molecule has 6 heteroatoms. The summed E-state index contributed by atoms with van der Waals surface area (Å²) in [5, 5.41) is 16.1. The average Bonchev–Trinajstić information content (AvgIpc) is 2.34. The number of benzene rings is 1. The zero-order valence-electron chi connectivity index (χ0n) is 14.3. The number of carbonyl (C=O) groups is 1. The normalized spacial score (nSPS) is 14.2. The second-order valence-electron chi connectivity index (χ2n) is 6.72. The molecule has 1 aromatic rings. The summed E-state index contributed by atoms with van der Waals surface area (Å²) in [5.41, 5.74) is 0.242. The molecule has 0 aliphatic carbocycles. The quantitative estimate of drug-likeness (QED) is 0.658. The number of carbonyl (C=O) groups excluding carboxylic acids is 1. The van der Waals surface area contributed by atoms with Crippen LogP contribution in [0.15, 0.2) is 41.5 Å². The topological polar surface area (TPSA) is 78.5 Å². The van der Waals surface area contributed by atoms with Crippen molar-refractivity contribution in [1.82, 2.24) is 5.32 Å². The summed E-state index contributed by atoms with van der Waals surface area (Å²) < 4.78 is 17.0. The Morgan fingerprint density at radius 1 is 1.30 bits per heavy atom. The van der Waals surface area contributed by atoms with Gasteiger partial charge in [-0.25, -0.2) is 4.79 Å². The molecule has 0 radical (unpaired) electrons. The van der Waals surface area contributed by atoms with Crippen molar-refractivity contribution in [3.8, 4) is 0 Å². The number of hydrogen-bond donors (Lipinski definition) is 1. The van der Waals surface area contributed by atoms with Crippen LogP contribution in [-0.2, 0) is 25.3 Å². The highest BCUT2D eigenvalue weighted by atomic mass is 32.2. The molecule has 0 heterocycles. The van der Waals surface area contributed by atoms with Gasteiger partial charge in [-0.3, -0.25) is 0 Å². The predicted octanol–water partition coefficient (Wildman–Crippen LogP) is 2.08. The van der Waals surface area contributed by atoms with Crippen molar-refractivity contribution in [2.75, 3.05) is 12.5 Å². The maximum absolute atomic E-state index is 12.4. The van der Waals surface area contributed by atoms with Crippen LogP contribution in [0.25, 0.3) is 0 Å². The summed E-state index contributed by atoms with van der Waals surface area (Å²) in [6.45, 7) is 5.24. The van der Waals surface area contributed by atoms with Crippen LogP contribution in [0.4, 0.5) is 4.79 Å². The first-order valence-electron chi connectivity index (χ1n) is 7.32. The van der Waals surface area contributed by atoms with E-state index in [2.05, 4.69) is 5.32 Å². The zero-order valence-corrected chi connectivity index (χ0v) is 15.1. The van der Waals surface area contributed by atoms with Crippen LogP contribution in [0.1, 0.15) is 26.3 Å². The van der Waals surface area contributed by atoms with E-state index in [1.165, 1.54) is 17.9 Å². The summed E-state index contributed by atoms with van der Waals surface area (Å²) in [6.07, 6.45) is 2.61. The third-order valence-corrected chi connectivity index (χ3v) is 3.52. The third-order valence-electron chi connectivity index (χ3n) is 2.72. The summed E-state index contributed by atoms with van der Waals surface area (Å²) in [5.74, 6) is -0.380. The molecule has 0 saturated carbocycles. The SMILES string of the molecule is CC(C)(C)OC(=O)NC(Cc1ccccc1)/C([O-])=C/[S+](C)(C)=O. The van der Waals surface area contributed by atoms with Crippen LogP contribution < -0.4 is 10.4 Å². The van der Waals surface area contributed by atoms with E-state index in [1.54, 1.807) is 20.8 Å². The largest absolute Gasteiger partial charge is 0.871 e. The molecule has 1 atom stereocenters. The van der Waals surface area contributed by atoms with Crippen molar-refractivity contribution in [3.63, 3.8) is 0 Å². The first kappa shape index (κ1) is 19.2. The van der Waals surface area contributed by atoms with Crippen molar-refractivity contribution < 1.29 is 18.8 Å². The maximum atomic E-state index is 12.4. The highest BCUT2D eigenvalue weighted by Gasteiger charge is 2.21. The van der Waals surface area contributed by atoms with Gasteiger partial charge in [-0.1, -0.05) is 36.1 Å². The molecule has 23 heavy (non-hydrogen) atoms. The van der Waals surface area contributed by atoms with Crippen LogP contribution >= 0.6 is 0 Å². The minimum Gasteiger partial charge on any atom is -0.871 e. The van der Waals surface area contributed by atoms with Crippen molar-refractivity contribution >= 4 is 16.0 Å². The van der Waals surface area contributed by atoms with Crippen LogP contribution in [0.5, 0.6) is 0 Å². The Hall–Kier alpha value is -1.82. The van der Waals surface area contributed by atoms with Crippen molar-refractivity contribution in [3.05, 3.63) is 47.1 Å². The van der Waals surface area contributed by atoms with Gasteiger partial charge in [0.05, 0.1) is 6.04 Å². The summed E-state index contributed by atoms with van der Waals surface area (Å²) in [4.78, 5) is 12.0. The number of ether oxygens (including phenoxy) is 1. The first-order valence-corrected chi connectivity index (χ1v) is 9.76. The minimum absolute atomic E-state index is 0.310. The standard InChI is InChI=1S/C17H25NO4S/c1-17(2,3)22-16(20)18-14(15(19)12-23(4,5)21)11-13-9-7-6-8-10-13/h6-10,12,14H,11H2,1-5H3,(H-,18,19,20,21). The predicted molar refractivity (Wildman–Crippen MR) is 91.3 cm³/mol. The van der Waals surface area contributed by atoms with Gasteiger partial charge >= 0.3 is 6.09 Å². The van der Waals surface area contributed by atoms with Gasteiger partial charge in [0.15, 0.2) is 0 Å². The van der Waals surface area contributed by atoms with Gasteiger partial charge in [0.1, 0.15) is 33.5 Å². The average molecular weight is 339 g/mol. The van der Waals surface area contributed by atoms with Crippen LogP contribution in [0, 0.1) is 0 Å². The second-order valence-corrected chi connectivity index (χ2v) is 9.57. The van der Waals surface area contributed by atoms with Crippen molar-refractivity contribution in [2.24, 2.45) is 0 Å². The zero-order chi connectivity index (χ0) is 17.7. The summed E-state index contributed by atoms with van der Waals surface area (Å²) in [6, 6.07) is 8.51. The number of nitrogens with one attached hydrogen (secondary N) is 1. The maximum Gasteiger partial charge on any atom is 0.408 e. The van der Waals surface area contributed by atoms with Gasteiger partial charge in [-0.05, 0) is 32.8 Å². The lowest BCUT2D eigenvalue weighted by molar-refractivity contribution is -0.309. The van der Waals surface area contributed by atoms with E-state index < -0.39 is 27.7 Å². The van der Waals surface area contributed by atoms with Crippen LogP contribution in [-0.4, -0.2) is 30.2 Å². The molecule has 0 aliphatic rings. The Bertz CT molecular complexity index is 599. The van der Waals surface area contributed by atoms with E-state index in [0.717, 1.165) is 5.56 Å². The van der Waals surface area contributed by atoms with Gasteiger partial charge in [-0.2, -0.15) is 0 Å². The smallest absolute Gasteiger partial charge is 0.408 e. The van der Waals surface area contributed by atoms with Crippen LogP contribution in [0.2, 0.25) is 0 Å². The fraction of sp³-hybridized carbons (Fsp3) is 0.471. The van der Waals surface area contributed by atoms with E-state index in [-0.39, 0.29) is 5.76 Å². The summed E-state index contributed by atoms with van der Waals surface area (Å²) in [7, 11) is -2.35. The van der Waals surface area contributed by atoms with Crippen molar-refractivity contribution in [1.29, 1.82) is 0 Å². The third kappa shape index (κ3) is 8.40. The molecule has 128 valence electrons. The van der Waals surface area contributed by atoms with Gasteiger partial charge < -0.3 is 15.2 Å². The fourth-order valence-corrected chi connectivity index (χ4v) is 2.61. The van der Waals surface area contributed by atoms with Gasteiger partial charge in [0, 0.05) is 0 Å². The fourth-order valence-electron chi connectivity index (χ4n) is 1.88. The number of alkyl carbamates (subject to hydrolysis) is 1. The lowest BCUT2D eigenvalue weighted by Crippen LogP contribution is -2.44. The molecule has 1 N–H and O–H groups in total. The first-order chi connectivity index (χ1) is 10.5. The molecule has 0 spiro atoms. The molecule has 0 aromatic heterocycles. The molecule has 5 nitrogen and oxygen atoms in total. The van der Waals surface area contributed by atoms with Gasteiger partial charge in [-0.15, -0.1) is 4.21 Å². The molecular weight excluding hydrogens is 314 g/mol. The number of hydrogen-bond acceptors (Lipinski definition) is 4. The molecule has 1 unspecified atom stereocenters. The van der Waals surface area contributed by atoms with E-state index >= 15 is 0 Å². The van der Waals surface area contributed by atoms with E-state index in [1.807, 2.05) is 30.3 Å². The second kappa shape index (κ2) is 7.64. The molecule has 0 fully saturated rings. The molecule has 1 amide bonds. The van der Waals surface area contributed by atoms with E-state index in [9.17, 15) is 14.1 Å². The lowest BCUT2D eigenvalue weighted by atomic mass is 10.1. The van der Waals surface area contributed by atoms with Gasteiger partial charge in [0.2, 0.25) is 0 Å². The highest BCUT2D eigenvalue weighted by Crippen LogP contribution is 2.12. The number of amides is 1. The minimum atomic E-state index is -2.35. The molecule has 0 aliphatic heterocycles. The lowest BCUT2D eigenvalue weighted by Gasteiger charge is -2.27.